The molecule has 2 nitrogen and oxygen atoms in total. The Balaban J connectivity index is 1.86. The zero-order chi connectivity index (χ0) is 16.1. The summed E-state index contributed by atoms with van der Waals surface area (Å²) in [6, 6.07) is 19.1. The maximum atomic E-state index is 4.63. The summed E-state index contributed by atoms with van der Waals surface area (Å²) in [7, 11) is 0. The highest BCUT2D eigenvalue weighted by atomic mass is 32.2. The van der Waals surface area contributed by atoms with Crippen LogP contribution in [0.4, 0.5) is 0 Å². The van der Waals surface area contributed by atoms with E-state index in [0.29, 0.717) is 0 Å². The monoisotopic (exact) mass is 320 g/mol. The molecule has 0 aliphatic carbocycles. The second-order valence-corrected chi connectivity index (χ2v) is 6.41. The number of nitrogens with zero attached hydrogens (tertiary/aromatic N) is 2. The molecule has 0 fully saturated rings. The molecule has 23 heavy (non-hydrogen) atoms. The van der Waals surface area contributed by atoms with Gasteiger partial charge in [0.25, 0.3) is 0 Å². The molecule has 0 amide bonds. The third-order valence-electron chi connectivity index (χ3n) is 3.69. The van der Waals surface area contributed by atoms with Crippen LogP contribution in [-0.2, 0) is 12.3 Å². The van der Waals surface area contributed by atoms with Gasteiger partial charge in [0.2, 0.25) is 0 Å². The Kier molecular flexibility index (Phi) is 4.99. The SMILES string of the molecule is C=CCn1c(-c2ccc(C)cc2)cnc1SCc1ccccc1. The minimum absolute atomic E-state index is 0.764. The van der Waals surface area contributed by atoms with E-state index in [1.165, 1.54) is 16.7 Å². The predicted octanol–water partition coefficient (Wildman–Crippen LogP) is 5.34. The average Bonchev–Trinajstić information content (AvgIpc) is 2.98. The van der Waals surface area contributed by atoms with Gasteiger partial charge >= 0.3 is 0 Å². The van der Waals surface area contributed by atoms with Crippen molar-refractivity contribution in [2.75, 3.05) is 0 Å². The number of imidazole rings is 1. The van der Waals surface area contributed by atoms with E-state index in [1.807, 2.05) is 18.3 Å². The van der Waals surface area contributed by atoms with Crippen LogP contribution in [0.2, 0.25) is 0 Å². The lowest BCUT2D eigenvalue weighted by Crippen LogP contribution is -2.00. The number of allylic oxidation sites excluding steroid dienone is 1. The van der Waals surface area contributed by atoms with Crippen LogP contribution in [0.1, 0.15) is 11.1 Å². The van der Waals surface area contributed by atoms with Gasteiger partial charge in [-0.05, 0) is 18.1 Å². The van der Waals surface area contributed by atoms with E-state index in [-0.39, 0.29) is 0 Å². The van der Waals surface area contributed by atoms with Crippen molar-refractivity contribution in [2.24, 2.45) is 0 Å². The third kappa shape index (κ3) is 3.74. The summed E-state index contributed by atoms with van der Waals surface area (Å²) in [5.41, 5.74) is 4.90. The van der Waals surface area contributed by atoms with Crippen molar-refractivity contribution in [1.29, 1.82) is 0 Å². The lowest BCUT2D eigenvalue weighted by atomic mass is 10.1. The molecule has 0 aliphatic rings. The summed E-state index contributed by atoms with van der Waals surface area (Å²) in [5.74, 6) is 0.919. The maximum absolute atomic E-state index is 4.63. The van der Waals surface area contributed by atoms with Gasteiger partial charge in [-0.2, -0.15) is 0 Å². The number of aryl methyl sites for hydroxylation is 1. The second kappa shape index (κ2) is 7.34. The first-order valence-electron chi connectivity index (χ1n) is 7.68. The molecule has 3 heteroatoms. The van der Waals surface area contributed by atoms with Crippen LogP contribution >= 0.6 is 11.8 Å². The van der Waals surface area contributed by atoms with Crippen LogP contribution in [-0.4, -0.2) is 9.55 Å². The Hall–Kier alpha value is -2.26. The van der Waals surface area contributed by atoms with Gasteiger partial charge in [0.15, 0.2) is 5.16 Å². The molecule has 0 spiro atoms. The molecule has 0 atom stereocenters. The van der Waals surface area contributed by atoms with E-state index >= 15 is 0 Å². The van der Waals surface area contributed by atoms with E-state index in [0.717, 1.165) is 23.1 Å². The lowest BCUT2D eigenvalue weighted by molar-refractivity contribution is 0.732. The van der Waals surface area contributed by atoms with Gasteiger partial charge in [-0.1, -0.05) is 78.0 Å². The first-order valence-corrected chi connectivity index (χ1v) is 8.66. The van der Waals surface area contributed by atoms with Crippen molar-refractivity contribution in [2.45, 2.75) is 24.4 Å². The largest absolute Gasteiger partial charge is 0.315 e. The summed E-state index contributed by atoms with van der Waals surface area (Å²) in [6.07, 6.45) is 3.88. The number of thioether (sulfide) groups is 1. The highest BCUT2D eigenvalue weighted by molar-refractivity contribution is 7.98. The minimum Gasteiger partial charge on any atom is -0.315 e. The topological polar surface area (TPSA) is 17.8 Å². The Morgan fingerprint density at radius 1 is 1.09 bits per heavy atom. The highest BCUT2D eigenvalue weighted by Crippen LogP contribution is 2.28. The molecule has 0 saturated carbocycles. The molecule has 2 aromatic carbocycles. The minimum atomic E-state index is 0.764. The fourth-order valence-corrected chi connectivity index (χ4v) is 3.40. The molecule has 0 unspecified atom stereocenters. The Bertz CT molecular complexity index is 773. The number of rotatable bonds is 6. The van der Waals surface area contributed by atoms with Crippen molar-refractivity contribution in [1.82, 2.24) is 9.55 Å². The zero-order valence-electron chi connectivity index (χ0n) is 13.3. The van der Waals surface area contributed by atoms with E-state index in [4.69, 9.17) is 0 Å². The molecular weight excluding hydrogens is 300 g/mol. The van der Waals surface area contributed by atoms with Crippen molar-refractivity contribution in [3.05, 3.63) is 84.6 Å². The Morgan fingerprint density at radius 3 is 2.52 bits per heavy atom. The highest BCUT2D eigenvalue weighted by Gasteiger charge is 2.11. The number of hydrogen-bond donors (Lipinski definition) is 0. The van der Waals surface area contributed by atoms with E-state index in [9.17, 15) is 0 Å². The molecule has 0 aliphatic heterocycles. The molecule has 1 heterocycles. The number of aromatic nitrogens is 2. The fourth-order valence-electron chi connectivity index (χ4n) is 2.46. The molecule has 0 saturated heterocycles. The molecule has 0 radical (unpaired) electrons. The standard InChI is InChI=1S/C20H20N2S/c1-3-13-22-19(18-11-9-16(2)10-12-18)14-21-20(22)23-15-17-7-5-4-6-8-17/h3-12,14H,1,13,15H2,2H3. The lowest BCUT2D eigenvalue weighted by Gasteiger charge is -2.10. The smallest absolute Gasteiger partial charge is 0.169 e. The van der Waals surface area contributed by atoms with E-state index in [1.54, 1.807) is 11.8 Å². The van der Waals surface area contributed by atoms with Crippen LogP contribution in [0.5, 0.6) is 0 Å². The summed E-state index contributed by atoms with van der Waals surface area (Å²) in [6.45, 7) is 6.75. The van der Waals surface area contributed by atoms with Crippen molar-refractivity contribution in [3.8, 4) is 11.3 Å². The molecule has 0 bridgehead atoms. The molecule has 3 rings (SSSR count). The van der Waals surface area contributed by atoms with Crippen LogP contribution in [0, 0.1) is 6.92 Å². The van der Waals surface area contributed by atoms with Gasteiger partial charge in [0, 0.05) is 12.3 Å². The van der Waals surface area contributed by atoms with Crippen molar-refractivity contribution < 1.29 is 0 Å². The zero-order valence-corrected chi connectivity index (χ0v) is 14.1. The van der Waals surface area contributed by atoms with Crippen LogP contribution in [0.3, 0.4) is 0 Å². The Morgan fingerprint density at radius 2 is 1.83 bits per heavy atom. The first kappa shape index (κ1) is 15.6. The van der Waals surface area contributed by atoms with Gasteiger partial charge in [-0.25, -0.2) is 4.98 Å². The molecular formula is C20H20N2S. The Labute approximate surface area is 141 Å². The maximum Gasteiger partial charge on any atom is 0.169 e. The first-order chi connectivity index (χ1) is 11.3. The van der Waals surface area contributed by atoms with E-state index < -0.39 is 0 Å². The fraction of sp³-hybridized carbons (Fsp3) is 0.150. The van der Waals surface area contributed by atoms with Crippen LogP contribution in [0.25, 0.3) is 11.3 Å². The summed E-state index contributed by atoms with van der Waals surface area (Å²) < 4.78 is 2.23. The summed E-state index contributed by atoms with van der Waals surface area (Å²) in [4.78, 5) is 4.63. The molecule has 0 N–H and O–H groups in total. The average molecular weight is 320 g/mol. The van der Waals surface area contributed by atoms with Gasteiger partial charge in [0.05, 0.1) is 11.9 Å². The quantitative estimate of drug-likeness (QED) is 0.451. The predicted molar refractivity (Wildman–Crippen MR) is 98.6 cm³/mol. The molecule has 3 aromatic rings. The number of hydrogen-bond acceptors (Lipinski definition) is 2. The van der Waals surface area contributed by atoms with Crippen molar-refractivity contribution >= 4 is 11.8 Å². The van der Waals surface area contributed by atoms with Gasteiger partial charge in [0.1, 0.15) is 0 Å². The normalized spacial score (nSPS) is 10.7. The summed E-state index contributed by atoms with van der Waals surface area (Å²) in [5, 5.41) is 1.03. The van der Waals surface area contributed by atoms with E-state index in [2.05, 4.69) is 71.6 Å². The third-order valence-corrected chi connectivity index (χ3v) is 4.75. The van der Waals surface area contributed by atoms with Crippen LogP contribution < -0.4 is 0 Å². The molecule has 1 aromatic heterocycles. The van der Waals surface area contributed by atoms with Gasteiger partial charge < -0.3 is 4.57 Å². The van der Waals surface area contributed by atoms with Gasteiger partial charge in [-0.3, -0.25) is 0 Å². The summed E-state index contributed by atoms with van der Waals surface area (Å²) >= 11 is 1.76. The number of benzene rings is 2. The van der Waals surface area contributed by atoms with Crippen LogP contribution in [0.15, 0.2) is 78.6 Å². The van der Waals surface area contributed by atoms with Gasteiger partial charge in [-0.15, -0.1) is 6.58 Å². The molecule has 116 valence electrons. The second-order valence-electron chi connectivity index (χ2n) is 5.47. The van der Waals surface area contributed by atoms with Crippen molar-refractivity contribution in [3.63, 3.8) is 0 Å².